The van der Waals surface area contributed by atoms with Crippen molar-refractivity contribution in [2.24, 2.45) is 11.1 Å². The normalized spacial score (nSPS) is 13.3. The van der Waals surface area contributed by atoms with Gasteiger partial charge >= 0.3 is 0 Å². The Morgan fingerprint density at radius 1 is 1.35 bits per heavy atom. The molecule has 1 heterocycles. The van der Waals surface area contributed by atoms with Crippen LogP contribution in [0.2, 0.25) is 0 Å². The molecule has 1 aromatic heterocycles. The van der Waals surface area contributed by atoms with E-state index in [1.54, 1.807) is 0 Å². The van der Waals surface area contributed by atoms with E-state index in [2.05, 4.69) is 41.1 Å². The van der Waals surface area contributed by atoms with Gasteiger partial charge in [-0.05, 0) is 62.8 Å². The first-order chi connectivity index (χ1) is 9.41. The maximum absolute atomic E-state index is 9.09. The van der Waals surface area contributed by atoms with E-state index in [4.69, 9.17) is 11.0 Å². The molecule has 3 heteroatoms. The van der Waals surface area contributed by atoms with E-state index in [9.17, 15) is 0 Å². The van der Waals surface area contributed by atoms with Crippen LogP contribution in [0, 0.1) is 16.7 Å². The molecule has 0 bridgehead atoms. The Morgan fingerprint density at radius 3 is 2.75 bits per heavy atom. The van der Waals surface area contributed by atoms with Crippen molar-refractivity contribution in [3.63, 3.8) is 0 Å². The molecule has 0 spiro atoms. The Labute approximate surface area is 121 Å². The second-order valence-electron chi connectivity index (χ2n) is 6.33. The molecule has 2 rings (SSSR count). The molecule has 3 nitrogen and oxygen atoms in total. The summed E-state index contributed by atoms with van der Waals surface area (Å²) in [6.07, 6.45) is 3.87. The van der Waals surface area contributed by atoms with Crippen molar-refractivity contribution in [2.75, 3.05) is 0 Å². The second-order valence-corrected chi connectivity index (χ2v) is 6.33. The molecule has 0 radical (unpaired) electrons. The SMILES string of the molecule is CC(N)Cc1ccc2c(ccn2CCC(C)(C)C#N)c1. The largest absolute Gasteiger partial charge is 0.347 e. The van der Waals surface area contributed by atoms with Gasteiger partial charge < -0.3 is 10.3 Å². The number of nitrogens with zero attached hydrogens (tertiary/aromatic N) is 2. The summed E-state index contributed by atoms with van der Waals surface area (Å²) in [6, 6.07) is 11.2. The van der Waals surface area contributed by atoms with Crippen molar-refractivity contribution in [3.8, 4) is 6.07 Å². The van der Waals surface area contributed by atoms with Crippen molar-refractivity contribution in [2.45, 2.75) is 46.2 Å². The summed E-state index contributed by atoms with van der Waals surface area (Å²) in [5.41, 5.74) is 8.09. The number of hydrogen-bond acceptors (Lipinski definition) is 2. The lowest BCUT2D eigenvalue weighted by Gasteiger charge is -2.15. The summed E-state index contributed by atoms with van der Waals surface area (Å²) >= 11 is 0. The smallest absolute Gasteiger partial charge is 0.0684 e. The number of aromatic nitrogens is 1. The van der Waals surface area contributed by atoms with E-state index in [0.29, 0.717) is 0 Å². The molecule has 2 aromatic rings. The first-order valence-corrected chi connectivity index (χ1v) is 7.16. The van der Waals surface area contributed by atoms with Crippen LogP contribution in [-0.4, -0.2) is 10.6 Å². The fourth-order valence-electron chi connectivity index (χ4n) is 2.40. The van der Waals surface area contributed by atoms with Crippen molar-refractivity contribution in [1.29, 1.82) is 5.26 Å². The highest BCUT2D eigenvalue weighted by Crippen LogP contribution is 2.23. The Bertz CT molecular complexity index is 629. The number of benzene rings is 1. The zero-order valence-electron chi connectivity index (χ0n) is 12.6. The summed E-state index contributed by atoms with van der Waals surface area (Å²) < 4.78 is 2.23. The van der Waals surface area contributed by atoms with Gasteiger partial charge in [-0.1, -0.05) is 6.07 Å². The highest BCUT2D eigenvalue weighted by Gasteiger charge is 2.16. The van der Waals surface area contributed by atoms with Crippen LogP contribution in [0.4, 0.5) is 0 Å². The maximum Gasteiger partial charge on any atom is 0.0684 e. The van der Waals surface area contributed by atoms with E-state index in [1.165, 1.54) is 16.5 Å². The summed E-state index contributed by atoms with van der Waals surface area (Å²) in [7, 11) is 0. The molecule has 0 amide bonds. The molecule has 0 aliphatic rings. The number of hydrogen-bond donors (Lipinski definition) is 1. The predicted octanol–water partition coefficient (Wildman–Crippen LogP) is 3.47. The molecule has 1 atom stereocenters. The molecule has 0 aliphatic heterocycles. The molecule has 106 valence electrons. The molecule has 1 unspecified atom stereocenters. The zero-order chi connectivity index (χ0) is 14.8. The summed E-state index contributed by atoms with van der Waals surface area (Å²) in [5, 5.41) is 10.3. The minimum atomic E-state index is -0.272. The lowest BCUT2D eigenvalue weighted by molar-refractivity contribution is 0.417. The fraction of sp³-hybridized carbons (Fsp3) is 0.471. The average molecular weight is 269 g/mol. The van der Waals surface area contributed by atoms with Crippen LogP contribution < -0.4 is 5.73 Å². The van der Waals surface area contributed by atoms with Crippen molar-refractivity contribution in [3.05, 3.63) is 36.0 Å². The topological polar surface area (TPSA) is 54.7 Å². The third-order valence-corrected chi connectivity index (χ3v) is 3.67. The van der Waals surface area contributed by atoms with Crippen molar-refractivity contribution < 1.29 is 0 Å². The number of rotatable bonds is 5. The molecule has 20 heavy (non-hydrogen) atoms. The van der Waals surface area contributed by atoms with Gasteiger partial charge in [0.15, 0.2) is 0 Å². The van der Waals surface area contributed by atoms with Gasteiger partial charge in [0.25, 0.3) is 0 Å². The summed E-state index contributed by atoms with van der Waals surface area (Å²) in [4.78, 5) is 0. The highest BCUT2D eigenvalue weighted by atomic mass is 14.9. The summed E-state index contributed by atoms with van der Waals surface area (Å²) in [6.45, 7) is 6.87. The Kier molecular flexibility index (Phi) is 4.15. The van der Waals surface area contributed by atoms with Gasteiger partial charge in [-0.25, -0.2) is 0 Å². The molecule has 2 N–H and O–H groups in total. The second kappa shape index (κ2) is 5.68. The van der Waals surface area contributed by atoms with Gasteiger partial charge in [0, 0.05) is 24.3 Å². The first kappa shape index (κ1) is 14.6. The monoisotopic (exact) mass is 269 g/mol. The molecular weight excluding hydrogens is 246 g/mol. The minimum absolute atomic E-state index is 0.186. The fourth-order valence-corrected chi connectivity index (χ4v) is 2.40. The zero-order valence-corrected chi connectivity index (χ0v) is 12.6. The summed E-state index contributed by atoms with van der Waals surface area (Å²) in [5.74, 6) is 0. The molecular formula is C17H23N3. The molecule has 0 aliphatic carbocycles. The molecule has 0 saturated carbocycles. The van der Waals surface area contributed by atoms with Gasteiger partial charge in [0.2, 0.25) is 0 Å². The van der Waals surface area contributed by atoms with E-state index in [0.717, 1.165) is 19.4 Å². The third kappa shape index (κ3) is 3.40. The first-order valence-electron chi connectivity index (χ1n) is 7.16. The average Bonchev–Trinajstić information content (AvgIpc) is 2.78. The maximum atomic E-state index is 9.09. The van der Waals surface area contributed by atoms with Gasteiger partial charge in [-0.2, -0.15) is 5.26 Å². The van der Waals surface area contributed by atoms with Gasteiger partial charge in [-0.15, -0.1) is 0 Å². The predicted molar refractivity (Wildman–Crippen MR) is 83.3 cm³/mol. The van der Waals surface area contributed by atoms with Crippen LogP contribution in [-0.2, 0) is 13.0 Å². The number of nitriles is 1. The lowest BCUT2D eigenvalue weighted by Crippen LogP contribution is -2.17. The van der Waals surface area contributed by atoms with Gasteiger partial charge in [0.05, 0.1) is 11.5 Å². The lowest BCUT2D eigenvalue weighted by atomic mass is 9.91. The van der Waals surface area contributed by atoms with Crippen LogP contribution in [0.1, 0.15) is 32.8 Å². The van der Waals surface area contributed by atoms with Gasteiger partial charge in [0.1, 0.15) is 0 Å². The minimum Gasteiger partial charge on any atom is -0.347 e. The number of fused-ring (bicyclic) bond motifs is 1. The van der Waals surface area contributed by atoms with Crippen LogP contribution in [0.5, 0.6) is 0 Å². The molecule has 0 saturated heterocycles. The molecule has 0 fully saturated rings. The third-order valence-electron chi connectivity index (χ3n) is 3.67. The Morgan fingerprint density at radius 2 is 2.10 bits per heavy atom. The molecule has 1 aromatic carbocycles. The van der Waals surface area contributed by atoms with Crippen molar-refractivity contribution >= 4 is 10.9 Å². The number of nitrogens with two attached hydrogens (primary N) is 1. The van der Waals surface area contributed by atoms with Crippen LogP contribution >= 0.6 is 0 Å². The van der Waals surface area contributed by atoms with Crippen molar-refractivity contribution in [1.82, 2.24) is 4.57 Å². The Hall–Kier alpha value is -1.79. The van der Waals surface area contributed by atoms with Crippen LogP contribution in [0.15, 0.2) is 30.5 Å². The van der Waals surface area contributed by atoms with E-state index < -0.39 is 0 Å². The van der Waals surface area contributed by atoms with Gasteiger partial charge in [-0.3, -0.25) is 0 Å². The quantitative estimate of drug-likeness (QED) is 0.903. The van der Waals surface area contributed by atoms with E-state index in [1.807, 2.05) is 20.8 Å². The van der Waals surface area contributed by atoms with Crippen LogP contribution in [0.25, 0.3) is 10.9 Å². The standard InChI is InChI=1S/C17H23N3/c1-13(19)10-14-4-5-16-15(11-14)6-8-20(16)9-7-17(2,3)12-18/h4-6,8,11,13H,7,9-10,19H2,1-3H3. The van der Waals surface area contributed by atoms with E-state index in [-0.39, 0.29) is 11.5 Å². The number of aryl methyl sites for hydroxylation is 1. The highest BCUT2D eigenvalue weighted by molar-refractivity contribution is 5.80. The van der Waals surface area contributed by atoms with Crippen LogP contribution in [0.3, 0.4) is 0 Å². The Balaban J connectivity index is 2.19. The van der Waals surface area contributed by atoms with E-state index >= 15 is 0 Å².